The van der Waals surface area contributed by atoms with Crippen molar-refractivity contribution in [1.82, 2.24) is 25.6 Å². The van der Waals surface area contributed by atoms with E-state index in [9.17, 15) is 13.2 Å². The molecule has 0 amide bonds. The van der Waals surface area contributed by atoms with Gasteiger partial charge >= 0.3 is 6.18 Å². The molecule has 0 bridgehead atoms. The van der Waals surface area contributed by atoms with Crippen LogP contribution in [0.15, 0.2) is 47.8 Å². The number of tetrazole rings is 1. The number of benzene rings is 1. The van der Waals surface area contributed by atoms with Crippen LogP contribution in [-0.2, 0) is 24.2 Å². The summed E-state index contributed by atoms with van der Waals surface area (Å²) in [6.45, 7) is 1.91. The molecule has 3 rings (SSSR count). The lowest BCUT2D eigenvalue weighted by Gasteiger charge is -2.07. The fourth-order valence-electron chi connectivity index (χ4n) is 2.11. The number of hydrogen-bond acceptors (Lipinski definition) is 7. The van der Waals surface area contributed by atoms with Crippen LogP contribution in [0.4, 0.5) is 13.2 Å². The van der Waals surface area contributed by atoms with Crippen molar-refractivity contribution in [2.24, 2.45) is 5.16 Å². The molecule has 0 aliphatic carbocycles. The molecule has 28 heavy (non-hydrogen) atoms. The summed E-state index contributed by atoms with van der Waals surface area (Å²) in [7, 11) is 0. The van der Waals surface area contributed by atoms with E-state index in [0.717, 1.165) is 12.1 Å². The van der Waals surface area contributed by atoms with E-state index in [4.69, 9.17) is 9.57 Å². The lowest BCUT2D eigenvalue weighted by Crippen LogP contribution is -2.04. The third-order valence-corrected chi connectivity index (χ3v) is 3.61. The number of pyridine rings is 1. The van der Waals surface area contributed by atoms with Crippen LogP contribution in [-0.4, -0.2) is 31.3 Å². The molecule has 0 spiro atoms. The summed E-state index contributed by atoms with van der Waals surface area (Å²) in [5, 5.41) is 17.2. The van der Waals surface area contributed by atoms with Crippen LogP contribution in [0.3, 0.4) is 0 Å². The zero-order chi connectivity index (χ0) is 20.0. The fraction of sp³-hybridized carbons (Fsp3) is 0.235. The van der Waals surface area contributed by atoms with E-state index in [1.165, 1.54) is 12.1 Å². The number of halogens is 3. The molecule has 0 aliphatic heterocycles. The van der Waals surface area contributed by atoms with Crippen molar-refractivity contribution in [3.63, 3.8) is 0 Å². The number of nitrogens with one attached hydrogen (secondary N) is 1. The third kappa shape index (κ3) is 5.25. The fourth-order valence-corrected chi connectivity index (χ4v) is 2.11. The van der Waals surface area contributed by atoms with Crippen LogP contribution >= 0.6 is 0 Å². The molecule has 3 aromatic rings. The first-order valence-corrected chi connectivity index (χ1v) is 8.06. The van der Waals surface area contributed by atoms with Crippen molar-refractivity contribution < 1.29 is 22.7 Å². The minimum Gasteiger partial charge on any atom is -0.469 e. The van der Waals surface area contributed by atoms with Crippen LogP contribution < -0.4 is 4.74 Å². The second kappa shape index (κ2) is 8.46. The Bertz CT molecular complexity index is 910. The van der Waals surface area contributed by atoms with Gasteiger partial charge in [0.1, 0.15) is 6.61 Å². The Kier molecular flexibility index (Phi) is 5.82. The summed E-state index contributed by atoms with van der Waals surface area (Å²) in [4.78, 5) is 9.36. The van der Waals surface area contributed by atoms with E-state index in [-0.39, 0.29) is 13.2 Å². The van der Waals surface area contributed by atoms with Gasteiger partial charge in [-0.1, -0.05) is 22.5 Å². The van der Waals surface area contributed by atoms with E-state index in [0.29, 0.717) is 28.5 Å². The first-order chi connectivity index (χ1) is 13.4. The van der Waals surface area contributed by atoms with Crippen LogP contribution in [0.25, 0.3) is 0 Å². The Morgan fingerprint density at radius 2 is 1.89 bits per heavy atom. The highest BCUT2D eigenvalue weighted by atomic mass is 19.4. The maximum Gasteiger partial charge on any atom is 0.416 e. The Morgan fingerprint density at radius 1 is 1.11 bits per heavy atom. The number of hydrogen-bond donors (Lipinski definition) is 1. The van der Waals surface area contributed by atoms with Gasteiger partial charge in [-0.3, -0.25) is 0 Å². The van der Waals surface area contributed by atoms with E-state index in [1.807, 2.05) is 0 Å². The van der Waals surface area contributed by atoms with Gasteiger partial charge in [0.05, 0.1) is 11.3 Å². The van der Waals surface area contributed by atoms with Crippen molar-refractivity contribution in [2.45, 2.75) is 26.3 Å². The number of H-pyrrole nitrogens is 1. The van der Waals surface area contributed by atoms with Gasteiger partial charge in [-0.25, -0.2) is 4.98 Å². The van der Waals surface area contributed by atoms with Gasteiger partial charge in [-0.2, -0.15) is 18.4 Å². The van der Waals surface area contributed by atoms with Gasteiger partial charge in [0, 0.05) is 17.8 Å². The highest BCUT2D eigenvalue weighted by Gasteiger charge is 2.29. The quantitative estimate of drug-likeness (QED) is 0.490. The monoisotopic (exact) mass is 392 g/mol. The van der Waals surface area contributed by atoms with Gasteiger partial charge in [-0.05, 0) is 30.7 Å². The summed E-state index contributed by atoms with van der Waals surface area (Å²) < 4.78 is 43.0. The Labute approximate surface area is 157 Å². The molecule has 0 radical (unpaired) electrons. The highest BCUT2D eigenvalue weighted by Crippen LogP contribution is 2.29. The smallest absolute Gasteiger partial charge is 0.416 e. The molecule has 0 saturated heterocycles. The van der Waals surface area contributed by atoms with Gasteiger partial charge in [0.15, 0.2) is 6.61 Å². The Hall–Kier alpha value is -3.50. The van der Waals surface area contributed by atoms with Gasteiger partial charge < -0.3 is 9.57 Å². The lowest BCUT2D eigenvalue weighted by atomic mass is 10.1. The van der Waals surface area contributed by atoms with E-state index >= 15 is 0 Å². The van der Waals surface area contributed by atoms with Gasteiger partial charge in [0.2, 0.25) is 11.7 Å². The first-order valence-electron chi connectivity index (χ1n) is 8.06. The Morgan fingerprint density at radius 3 is 2.50 bits per heavy atom. The molecule has 1 N–H and O–H groups in total. The number of nitrogens with zero attached hydrogens (tertiary/aromatic N) is 5. The number of ether oxygens (including phenoxy) is 1. The average molecular weight is 392 g/mol. The number of aromatic amines is 1. The van der Waals surface area contributed by atoms with E-state index in [2.05, 4.69) is 30.8 Å². The molecule has 8 nitrogen and oxygen atoms in total. The van der Waals surface area contributed by atoms with Crippen molar-refractivity contribution in [2.75, 3.05) is 0 Å². The first kappa shape index (κ1) is 19.3. The lowest BCUT2D eigenvalue weighted by molar-refractivity contribution is -0.137. The van der Waals surface area contributed by atoms with E-state index < -0.39 is 11.7 Å². The summed E-state index contributed by atoms with van der Waals surface area (Å²) in [5.74, 6) is 0.785. The predicted molar refractivity (Wildman–Crippen MR) is 91.2 cm³/mol. The molecular formula is C17H15F3N6O2. The summed E-state index contributed by atoms with van der Waals surface area (Å²) in [6.07, 6.45) is -2.80. The third-order valence-electron chi connectivity index (χ3n) is 3.61. The summed E-state index contributed by atoms with van der Waals surface area (Å²) in [5.41, 5.74) is 1.14. The molecule has 0 atom stereocenters. The van der Waals surface area contributed by atoms with Crippen LogP contribution in [0.2, 0.25) is 0 Å². The van der Waals surface area contributed by atoms with Crippen LogP contribution in [0.5, 0.6) is 5.88 Å². The van der Waals surface area contributed by atoms with Gasteiger partial charge in [-0.15, -0.1) is 10.2 Å². The van der Waals surface area contributed by atoms with Crippen molar-refractivity contribution >= 4 is 5.71 Å². The Balaban J connectivity index is 1.51. The maximum absolute atomic E-state index is 12.5. The SMILES string of the molecule is C/C(=N\OCc1ccc(C(F)(F)F)cc1)c1ccc(OCc2nn[nH]n2)nc1. The molecular weight excluding hydrogens is 377 g/mol. The largest absolute Gasteiger partial charge is 0.469 e. The highest BCUT2D eigenvalue weighted by molar-refractivity contribution is 5.98. The molecule has 11 heteroatoms. The van der Waals surface area contributed by atoms with Crippen molar-refractivity contribution in [3.8, 4) is 5.88 Å². The topological polar surface area (TPSA) is 98.2 Å². The minimum atomic E-state index is -4.36. The van der Waals surface area contributed by atoms with Crippen molar-refractivity contribution in [1.29, 1.82) is 0 Å². The van der Waals surface area contributed by atoms with Crippen molar-refractivity contribution in [3.05, 3.63) is 65.1 Å². The molecule has 1 aromatic carbocycles. The summed E-state index contributed by atoms with van der Waals surface area (Å²) in [6, 6.07) is 8.12. The second-order valence-electron chi connectivity index (χ2n) is 5.65. The molecule has 0 saturated carbocycles. The number of rotatable bonds is 7. The molecule has 2 heterocycles. The maximum atomic E-state index is 12.5. The minimum absolute atomic E-state index is 0.0504. The van der Waals surface area contributed by atoms with Gasteiger partial charge in [0.25, 0.3) is 0 Å². The molecule has 0 fully saturated rings. The molecule has 2 aromatic heterocycles. The normalized spacial score (nSPS) is 12.1. The van der Waals surface area contributed by atoms with E-state index in [1.54, 1.807) is 25.3 Å². The molecule has 146 valence electrons. The zero-order valence-electron chi connectivity index (χ0n) is 14.6. The number of oxime groups is 1. The second-order valence-corrected chi connectivity index (χ2v) is 5.65. The zero-order valence-corrected chi connectivity index (χ0v) is 14.6. The summed E-state index contributed by atoms with van der Waals surface area (Å²) >= 11 is 0. The molecule has 0 unspecified atom stereocenters. The predicted octanol–water partition coefficient (Wildman–Crippen LogP) is 3.13. The van der Waals surface area contributed by atoms with Crippen LogP contribution in [0.1, 0.15) is 29.4 Å². The number of alkyl halides is 3. The van der Waals surface area contributed by atoms with Crippen LogP contribution in [0, 0.1) is 0 Å². The number of aromatic nitrogens is 5. The standard InChI is InChI=1S/C17H15F3N6O2/c1-11(24-28-9-12-2-5-14(6-3-12)17(18,19)20)13-4-7-16(21-8-13)27-10-15-22-25-26-23-15/h2-8H,9-10H2,1H3,(H,22,23,25,26)/b24-11+. The molecule has 0 aliphatic rings. The average Bonchev–Trinajstić information content (AvgIpc) is 3.20.